The lowest BCUT2D eigenvalue weighted by molar-refractivity contribution is 0.0593. The second-order valence-corrected chi connectivity index (χ2v) is 5.37. The molecule has 19 heavy (non-hydrogen) atoms. The third kappa shape index (κ3) is 2.28. The number of likely N-dealkylation sites (tertiary alicyclic amines) is 1. The number of fused-ring (bicyclic) bond motifs is 2. The number of hydrogen-bond acceptors (Lipinski definition) is 6. The van der Waals surface area contributed by atoms with Crippen molar-refractivity contribution in [1.29, 1.82) is 0 Å². The minimum atomic E-state index is -0.460. The summed E-state index contributed by atoms with van der Waals surface area (Å²) in [5.41, 5.74) is 0.234. The Morgan fingerprint density at radius 3 is 2.84 bits per heavy atom. The van der Waals surface area contributed by atoms with Gasteiger partial charge in [0.2, 0.25) is 0 Å². The van der Waals surface area contributed by atoms with Gasteiger partial charge in [-0.2, -0.15) is 0 Å². The van der Waals surface area contributed by atoms with Crippen LogP contribution in [0.25, 0.3) is 0 Å². The van der Waals surface area contributed by atoms with Crippen LogP contribution >= 0.6 is 0 Å². The SMILES string of the molecule is COC(=O)c1cnc(NC2CC3CC2N(C)C3)cn1. The largest absolute Gasteiger partial charge is 0.464 e. The molecule has 1 aliphatic heterocycles. The van der Waals surface area contributed by atoms with Crippen molar-refractivity contribution in [1.82, 2.24) is 14.9 Å². The molecule has 2 heterocycles. The standard InChI is InChI=1S/C13H18N4O2/c1-17-7-8-3-9(11(17)4-8)16-12-6-14-10(5-15-12)13(18)19-2/h5-6,8-9,11H,3-4,7H2,1-2H3,(H,15,16). The molecule has 3 unspecified atom stereocenters. The molecule has 1 N–H and O–H groups in total. The van der Waals surface area contributed by atoms with Gasteiger partial charge in [-0.25, -0.2) is 14.8 Å². The molecule has 2 aliphatic rings. The van der Waals surface area contributed by atoms with E-state index in [9.17, 15) is 4.79 Å². The second kappa shape index (κ2) is 4.77. The number of aromatic nitrogens is 2. The Hall–Kier alpha value is -1.69. The Bertz CT molecular complexity index is 476. The molecule has 3 rings (SSSR count). The van der Waals surface area contributed by atoms with Crippen molar-refractivity contribution in [3.63, 3.8) is 0 Å². The Kier molecular flexibility index (Phi) is 3.10. The second-order valence-electron chi connectivity index (χ2n) is 5.37. The topological polar surface area (TPSA) is 67.3 Å². The van der Waals surface area contributed by atoms with Crippen LogP contribution in [0.3, 0.4) is 0 Å². The fraction of sp³-hybridized carbons (Fsp3) is 0.615. The molecule has 0 aromatic carbocycles. The highest BCUT2D eigenvalue weighted by Gasteiger charge is 2.43. The highest BCUT2D eigenvalue weighted by Crippen LogP contribution is 2.37. The predicted octanol–water partition coefficient (Wildman–Crippen LogP) is 0.768. The maximum atomic E-state index is 11.3. The Morgan fingerprint density at radius 1 is 1.42 bits per heavy atom. The molecule has 102 valence electrons. The van der Waals surface area contributed by atoms with Crippen LogP contribution in [0, 0.1) is 5.92 Å². The fourth-order valence-electron chi connectivity index (χ4n) is 3.25. The van der Waals surface area contributed by atoms with Crippen molar-refractivity contribution >= 4 is 11.8 Å². The molecule has 0 amide bonds. The molecule has 3 atom stereocenters. The van der Waals surface area contributed by atoms with Gasteiger partial charge >= 0.3 is 5.97 Å². The third-order valence-electron chi connectivity index (χ3n) is 4.12. The summed E-state index contributed by atoms with van der Waals surface area (Å²) in [5, 5.41) is 3.42. The van der Waals surface area contributed by atoms with E-state index in [4.69, 9.17) is 0 Å². The number of esters is 1. The van der Waals surface area contributed by atoms with Crippen molar-refractivity contribution in [2.45, 2.75) is 24.9 Å². The molecule has 6 heteroatoms. The Balaban J connectivity index is 1.66. The molecular weight excluding hydrogens is 244 g/mol. The number of anilines is 1. The van der Waals surface area contributed by atoms with Crippen LogP contribution in [0.1, 0.15) is 23.3 Å². The Morgan fingerprint density at radius 2 is 2.26 bits per heavy atom. The zero-order valence-electron chi connectivity index (χ0n) is 11.2. The number of nitrogens with one attached hydrogen (secondary N) is 1. The highest BCUT2D eigenvalue weighted by atomic mass is 16.5. The summed E-state index contributed by atoms with van der Waals surface area (Å²) in [7, 11) is 3.51. The van der Waals surface area contributed by atoms with E-state index in [0.29, 0.717) is 12.1 Å². The van der Waals surface area contributed by atoms with Crippen LogP contribution in [-0.2, 0) is 4.74 Å². The lowest BCUT2D eigenvalue weighted by Crippen LogP contribution is -2.42. The maximum Gasteiger partial charge on any atom is 0.358 e. The van der Waals surface area contributed by atoms with Crippen LogP contribution < -0.4 is 5.32 Å². The highest BCUT2D eigenvalue weighted by molar-refractivity contribution is 5.86. The van der Waals surface area contributed by atoms with Gasteiger partial charge in [-0.05, 0) is 25.8 Å². The molecule has 1 aromatic heterocycles. The van der Waals surface area contributed by atoms with E-state index < -0.39 is 5.97 Å². The summed E-state index contributed by atoms with van der Waals surface area (Å²) in [6.07, 6.45) is 5.50. The molecule has 1 aromatic rings. The molecule has 1 saturated carbocycles. The first-order valence-corrected chi connectivity index (χ1v) is 6.54. The summed E-state index contributed by atoms with van der Waals surface area (Å²) in [4.78, 5) is 22.0. The first kappa shape index (κ1) is 12.3. The zero-order valence-corrected chi connectivity index (χ0v) is 11.2. The first-order valence-electron chi connectivity index (χ1n) is 6.54. The number of methoxy groups -OCH3 is 1. The van der Waals surface area contributed by atoms with Gasteiger partial charge in [0.05, 0.1) is 19.5 Å². The molecule has 6 nitrogen and oxygen atoms in total. The van der Waals surface area contributed by atoms with E-state index in [-0.39, 0.29) is 5.69 Å². The van der Waals surface area contributed by atoms with Gasteiger partial charge < -0.3 is 15.0 Å². The molecule has 0 spiro atoms. The number of piperidine rings is 1. The molecule has 0 radical (unpaired) electrons. The minimum Gasteiger partial charge on any atom is -0.464 e. The molecule has 1 saturated heterocycles. The number of hydrogen-bond donors (Lipinski definition) is 1. The number of nitrogens with zero attached hydrogens (tertiary/aromatic N) is 3. The van der Waals surface area contributed by atoms with Gasteiger partial charge in [0.25, 0.3) is 0 Å². The van der Waals surface area contributed by atoms with Crippen LogP contribution in [0.15, 0.2) is 12.4 Å². The van der Waals surface area contributed by atoms with Gasteiger partial charge in [0, 0.05) is 18.6 Å². The quantitative estimate of drug-likeness (QED) is 0.811. The van der Waals surface area contributed by atoms with E-state index in [1.54, 1.807) is 6.20 Å². The average Bonchev–Trinajstić information content (AvgIpc) is 2.97. The molecular formula is C13H18N4O2. The van der Waals surface area contributed by atoms with Gasteiger partial charge in [-0.3, -0.25) is 0 Å². The van der Waals surface area contributed by atoms with E-state index in [1.807, 2.05) is 0 Å². The lowest BCUT2D eigenvalue weighted by atomic mass is 10.1. The molecule has 2 fully saturated rings. The number of ether oxygens (including phenoxy) is 1. The van der Waals surface area contributed by atoms with Crippen molar-refractivity contribution in [3.05, 3.63) is 18.1 Å². The summed E-state index contributed by atoms with van der Waals surface area (Å²) in [6, 6.07) is 1.02. The summed E-state index contributed by atoms with van der Waals surface area (Å²) in [5.74, 6) is 1.06. The number of carbonyl (C=O) groups excluding carboxylic acids is 1. The van der Waals surface area contributed by atoms with E-state index in [2.05, 4.69) is 32.0 Å². The Labute approximate surface area is 112 Å². The lowest BCUT2D eigenvalue weighted by Gasteiger charge is -2.30. The van der Waals surface area contributed by atoms with E-state index in [0.717, 1.165) is 11.7 Å². The van der Waals surface area contributed by atoms with Crippen LogP contribution in [0.2, 0.25) is 0 Å². The van der Waals surface area contributed by atoms with Crippen molar-refractivity contribution in [2.24, 2.45) is 5.92 Å². The van der Waals surface area contributed by atoms with Crippen molar-refractivity contribution in [2.75, 3.05) is 26.0 Å². The third-order valence-corrected chi connectivity index (χ3v) is 4.12. The fourth-order valence-corrected chi connectivity index (χ4v) is 3.25. The number of rotatable bonds is 3. The van der Waals surface area contributed by atoms with Crippen molar-refractivity contribution in [3.8, 4) is 0 Å². The van der Waals surface area contributed by atoms with Crippen LogP contribution in [-0.4, -0.2) is 53.6 Å². The predicted molar refractivity (Wildman–Crippen MR) is 69.9 cm³/mol. The average molecular weight is 262 g/mol. The smallest absolute Gasteiger partial charge is 0.358 e. The van der Waals surface area contributed by atoms with E-state index in [1.165, 1.54) is 32.7 Å². The minimum absolute atomic E-state index is 0.234. The number of carbonyl (C=O) groups is 1. The molecule has 2 bridgehead atoms. The van der Waals surface area contributed by atoms with Crippen LogP contribution in [0.4, 0.5) is 5.82 Å². The van der Waals surface area contributed by atoms with Gasteiger partial charge in [-0.15, -0.1) is 0 Å². The van der Waals surface area contributed by atoms with Gasteiger partial charge in [-0.1, -0.05) is 0 Å². The van der Waals surface area contributed by atoms with Crippen molar-refractivity contribution < 1.29 is 9.53 Å². The number of likely N-dealkylation sites (N-methyl/N-ethyl adjacent to an activating group) is 1. The van der Waals surface area contributed by atoms with E-state index >= 15 is 0 Å². The van der Waals surface area contributed by atoms with Crippen LogP contribution in [0.5, 0.6) is 0 Å². The zero-order chi connectivity index (χ0) is 13.4. The normalized spacial score (nSPS) is 29.5. The monoisotopic (exact) mass is 262 g/mol. The maximum absolute atomic E-state index is 11.3. The summed E-state index contributed by atoms with van der Waals surface area (Å²) in [6.45, 7) is 1.20. The van der Waals surface area contributed by atoms with Gasteiger partial charge in [0.15, 0.2) is 5.69 Å². The first-order chi connectivity index (χ1) is 9.17. The molecule has 1 aliphatic carbocycles. The van der Waals surface area contributed by atoms with Gasteiger partial charge in [0.1, 0.15) is 5.82 Å². The summed E-state index contributed by atoms with van der Waals surface area (Å²) >= 11 is 0. The summed E-state index contributed by atoms with van der Waals surface area (Å²) < 4.78 is 4.60.